The van der Waals surface area contributed by atoms with Gasteiger partial charge in [0.2, 0.25) is 0 Å². The van der Waals surface area contributed by atoms with E-state index in [1.165, 1.54) is 29.5 Å². The fraction of sp³-hybridized carbons (Fsp3) is 0.130. The third-order valence-electron chi connectivity index (χ3n) is 4.96. The monoisotopic (exact) mass is 433 g/mol. The predicted molar refractivity (Wildman–Crippen MR) is 121 cm³/mol. The summed E-state index contributed by atoms with van der Waals surface area (Å²) in [6, 6.07) is 13.7. The van der Waals surface area contributed by atoms with Gasteiger partial charge in [-0.15, -0.1) is 0 Å². The van der Waals surface area contributed by atoms with Gasteiger partial charge in [0, 0.05) is 18.2 Å². The highest BCUT2D eigenvalue weighted by Crippen LogP contribution is 2.33. The molecule has 0 aliphatic rings. The molecule has 0 saturated carbocycles. The third kappa shape index (κ3) is 4.39. The fourth-order valence-corrected chi connectivity index (χ4v) is 4.16. The van der Waals surface area contributed by atoms with E-state index in [0.29, 0.717) is 16.5 Å². The van der Waals surface area contributed by atoms with E-state index in [2.05, 4.69) is 0 Å². The zero-order chi connectivity index (χ0) is 22.0. The van der Waals surface area contributed by atoms with Crippen LogP contribution in [0.3, 0.4) is 0 Å². The fourth-order valence-electron chi connectivity index (χ4n) is 3.13. The van der Waals surface area contributed by atoms with Crippen LogP contribution >= 0.6 is 11.3 Å². The van der Waals surface area contributed by atoms with Gasteiger partial charge in [-0.2, -0.15) is 0 Å². The minimum absolute atomic E-state index is 0.0286. The number of carbonyl (C=O) groups excluding carboxylic acids is 1. The second-order valence-electron chi connectivity index (χ2n) is 7.04. The molecule has 4 aromatic rings. The Morgan fingerprint density at radius 2 is 2.06 bits per heavy atom. The van der Waals surface area contributed by atoms with Gasteiger partial charge < -0.3 is 4.42 Å². The van der Waals surface area contributed by atoms with Crippen molar-refractivity contribution in [2.75, 3.05) is 4.90 Å². The van der Waals surface area contributed by atoms with Crippen LogP contribution in [0, 0.1) is 24.0 Å². The molecule has 0 aliphatic heterocycles. The van der Waals surface area contributed by atoms with E-state index in [4.69, 9.17) is 9.40 Å². The molecule has 1 amide bonds. The Labute approximate surface area is 182 Å². The second-order valence-corrected chi connectivity index (χ2v) is 8.05. The number of furan rings is 1. The molecule has 0 N–H and O–H groups in total. The van der Waals surface area contributed by atoms with Crippen LogP contribution in [0.25, 0.3) is 16.3 Å². The van der Waals surface area contributed by atoms with Crippen molar-refractivity contribution >= 4 is 44.4 Å². The first-order valence-electron chi connectivity index (χ1n) is 9.55. The maximum Gasteiger partial charge on any atom is 0.270 e. The number of fused-ring (bicyclic) bond motifs is 1. The average Bonchev–Trinajstić information content (AvgIpc) is 3.43. The first kappa shape index (κ1) is 20.5. The lowest BCUT2D eigenvalue weighted by Gasteiger charge is -2.16. The van der Waals surface area contributed by atoms with Gasteiger partial charge in [-0.3, -0.25) is 19.8 Å². The van der Waals surface area contributed by atoms with E-state index in [9.17, 15) is 14.9 Å². The molecule has 0 bridgehead atoms. The average molecular weight is 433 g/mol. The van der Waals surface area contributed by atoms with Crippen molar-refractivity contribution in [2.24, 2.45) is 0 Å². The number of nitro groups is 1. The van der Waals surface area contributed by atoms with Gasteiger partial charge in [-0.1, -0.05) is 29.5 Å². The summed E-state index contributed by atoms with van der Waals surface area (Å²) in [4.78, 5) is 29.9. The summed E-state index contributed by atoms with van der Waals surface area (Å²) in [6.07, 6.45) is 4.52. The number of rotatable bonds is 6. The van der Waals surface area contributed by atoms with Crippen LogP contribution in [0.5, 0.6) is 0 Å². The molecule has 0 atom stereocenters. The topological polar surface area (TPSA) is 89.5 Å². The number of anilines is 1. The van der Waals surface area contributed by atoms with Crippen LogP contribution < -0.4 is 4.90 Å². The second kappa shape index (κ2) is 8.53. The number of hydrogen-bond donors (Lipinski definition) is 0. The molecular weight excluding hydrogens is 414 g/mol. The summed E-state index contributed by atoms with van der Waals surface area (Å²) in [5.41, 5.74) is 3.63. The molecule has 0 fully saturated rings. The Bertz CT molecular complexity index is 1290. The normalized spacial score (nSPS) is 11.3. The molecule has 0 spiro atoms. The lowest BCUT2D eigenvalue weighted by molar-refractivity contribution is -0.384. The molecule has 8 heteroatoms. The van der Waals surface area contributed by atoms with E-state index >= 15 is 0 Å². The van der Waals surface area contributed by atoms with Crippen LogP contribution in [0.4, 0.5) is 10.8 Å². The van der Waals surface area contributed by atoms with E-state index in [0.717, 1.165) is 21.3 Å². The Hall–Kier alpha value is -3.78. The van der Waals surface area contributed by atoms with Gasteiger partial charge >= 0.3 is 0 Å². The number of hydrogen-bond acceptors (Lipinski definition) is 6. The highest BCUT2D eigenvalue weighted by atomic mass is 32.1. The summed E-state index contributed by atoms with van der Waals surface area (Å²) < 4.78 is 6.44. The van der Waals surface area contributed by atoms with Crippen molar-refractivity contribution in [3.05, 3.63) is 93.4 Å². The molecule has 2 aromatic carbocycles. The largest absolute Gasteiger partial charge is 0.467 e. The van der Waals surface area contributed by atoms with Gasteiger partial charge in [0.25, 0.3) is 11.6 Å². The van der Waals surface area contributed by atoms with E-state index in [-0.39, 0.29) is 18.1 Å². The third-order valence-corrected chi connectivity index (χ3v) is 6.01. The van der Waals surface area contributed by atoms with Gasteiger partial charge in [0.05, 0.1) is 27.9 Å². The summed E-state index contributed by atoms with van der Waals surface area (Å²) in [5, 5.41) is 11.6. The Balaban J connectivity index is 1.68. The van der Waals surface area contributed by atoms with Crippen molar-refractivity contribution in [3.63, 3.8) is 0 Å². The summed E-state index contributed by atoms with van der Waals surface area (Å²) in [6.45, 7) is 4.27. The predicted octanol–water partition coefficient (Wildman–Crippen LogP) is 5.66. The number of aryl methyl sites for hydroxylation is 2. The molecule has 0 unspecified atom stereocenters. The maximum atomic E-state index is 13.1. The maximum absolute atomic E-state index is 13.1. The molecule has 0 saturated heterocycles. The molecule has 0 radical (unpaired) electrons. The lowest BCUT2D eigenvalue weighted by Crippen LogP contribution is -2.28. The number of carbonyl (C=O) groups is 1. The van der Waals surface area contributed by atoms with Gasteiger partial charge in [0.15, 0.2) is 5.13 Å². The molecule has 156 valence electrons. The first-order valence-corrected chi connectivity index (χ1v) is 10.4. The van der Waals surface area contributed by atoms with Crippen LogP contribution in [-0.2, 0) is 11.3 Å². The van der Waals surface area contributed by atoms with Gasteiger partial charge in [-0.25, -0.2) is 4.98 Å². The number of nitrogens with zero attached hydrogens (tertiary/aromatic N) is 3. The van der Waals surface area contributed by atoms with Crippen LogP contribution in [0.1, 0.15) is 22.5 Å². The number of amides is 1. The minimum Gasteiger partial charge on any atom is -0.467 e. The number of aromatic nitrogens is 1. The van der Waals surface area contributed by atoms with Crippen LogP contribution in [0.2, 0.25) is 0 Å². The quantitative estimate of drug-likeness (QED) is 0.222. The van der Waals surface area contributed by atoms with Crippen molar-refractivity contribution in [1.82, 2.24) is 4.98 Å². The molecule has 4 rings (SSSR count). The van der Waals surface area contributed by atoms with Gasteiger partial charge in [-0.05, 0) is 54.8 Å². The summed E-state index contributed by atoms with van der Waals surface area (Å²) in [7, 11) is 0. The van der Waals surface area contributed by atoms with Gasteiger partial charge in [0.1, 0.15) is 5.76 Å². The standard InChI is InChI=1S/C23H19N3O4S/c1-15-8-10-20-22(16(15)2)24-23(31-20)25(14-19-7-4-12-30-19)21(27)11-9-17-5-3-6-18(13-17)26(28)29/h3-13H,14H2,1-2H3/b11-9+. The molecule has 2 aromatic heterocycles. The zero-order valence-electron chi connectivity index (χ0n) is 16.9. The number of benzene rings is 2. The van der Waals surface area contributed by atoms with Crippen molar-refractivity contribution < 1.29 is 14.1 Å². The number of non-ortho nitro benzene ring substituents is 1. The van der Waals surface area contributed by atoms with E-state index in [1.54, 1.807) is 41.5 Å². The molecule has 0 aliphatic carbocycles. The lowest BCUT2D eigenvalue weighted by atomic mass is 10.1. The molecule has 2 heterocycles. The van der Waals surface area contributed by atoms with E-state index < -0.39 is 4.92 Å². The number of thiazole rings is 1. The highest BCUT2D eigenvalue weighted by Gasteiger charge is 2.20. The van der Waals surface area contributed by atoms with Crippen LogP contribution in [0.15, 0.2) is 65.3 Å². The summed E-state index contributed by atoms with van der Waals surface area (Å²) >= 11 is 1.44. The summed E-state index contributed by atoms with van der Waals surface area (Å²) in [5.74, 6) is 0.334. The van der Waals surface area contributed by atoms with E-state index in [1.807, 2.05) is 26.0 Å². The SMILES string of the molecule is Cc1ccc2sc(N(Cc3ccco3)C(=O)/C=C/c3cccc([N+](=O)[O-])c3)nc2c1C. The van der Waals surface area contributed by atoms with Crippen molar-refractivity contribution in [1.29, 1.82) is 0 Å². The number of nitro benzene ring substituents is 1. The highest BCUT2D eigenvalue weighted by molar-refractivity contribution is 7.22. The van der Waals surface area contributed by atoms with Crippen molar-refractivity contribution in [2.45, 2.75) is 20.4 Å². The van der Waals surface area contributed by atoms with Crippen molar-refractivity contribution in [3.8, 4) is 0 Å². The minimum atomic E-state index is -0.464. The molecule has 31 heavy (non-hydrogen) atoms. The van der Waals surface area contributed by atoms with Crippen LogP contribution in [-0.4, -0.2) is 15.8 Å². The molecule has 7 nitrogen and oxygen atoms in total. The Morgan fingerprint density at radius 1 is 1.23 bits per heavy atom. The Kier molecular flexibility index (Phi) is 5.64. The Morgan fingerprint density at radius 3 is 2.81 bits per heavy atom. The first-order chi connectivity index (χ1) is 14.9. The zero-order valence-corrected chi connectivity index (χ0v) is 17.8. The molecular formula is C23H19N3O4S. The smallest absolute Gasteiger partial charge is 0.270 e.